The Kier molecular flexibility index (Phi) is 13.4. The zero-order valence-electron chi connectivity index (χ0n) is 26.9. The molecular weight excluding hydrogens is 612 g/mol. The molecule has 1 aliphatic rings. The first-order valence-corrected chi connectivity index (χ1v) is 15.7. The Morgan fingerprint density at radius 3 is 2.38 bits per heavy atom. The van der Waals surface area contributed by atoms with Gasteiger partial charge in [-0.1, -0.05) is 24.6 Å². The zero-order valence-corrected chi connectivity index (χ0v) is 26.9. The molecule has 0 bridgehead atoms. The quantitative estimate of drug-likeness (QED) is 0.125. The van der Waals surface area contributed by atoms with Crippen molar-refractivity contribution in [2.45, 2.75) is 83.5 Å². The molecule has 47 heavy (non-hydrogen) atoms. The number of furan rings is 1. The van der Waals surface area contributed by atoms with Crippen molar-refractivity contribution in [3.8, 4) is 0 Å². The fourth-order valence-electron chi connectivity index (χ4n) is 5.36. The summed E-state index contributed by atoms with van der Waals surface area (Å²) in [6.45, 7) is 4.00. The number of carbonyl (C=O) groups is 7. The van der Waals surface area contributed by atoms with Gasteiger partial charge in [-0.15, -0.1) is 0 Å². The number of benzene rings is 1. The van der Waals surface area contributed by atoms with Crippen LogP contribution in [0.25, 0.3) is 11.0 Å². The van der Waals surface area contributed by atoms with E-state index < -0.39 is 66.2 Å². The van der Waals surface area contributed by atoms with Crippen LogP contribution in [0.3, 0.4) is 0 Å². The summed E-state index contributed by atoms with van der Waals surface area (Å²) in [5, 5.41) is 20.9. The lowest BCUT2D eigenvalue weighted by Gasteiger charge is -2.28. The summed E-state index contributed by atoms with van der Waals surface area (Å²) in [6, 6.07) is 4.64. The number of para-hydroxylation sites is 1. The Labute approximate surface area is 272 Å². The van der Waals surface area contributed by atoms with Crippen molar-refractivity contribution < 1.29 is 43.1 Å². The first-order chi connectivity index (χ1) is 22.3. The first kappa shape index (κ1) is 36.7. The molecule has 3 rings (SSSR count). The maximum absolute atomic E-state index is 13.1. The molecule has 15 heteroatoms. The van der Waals surface area contributed by atoms with Gasteiger partial charge in [0.15, 0.2) is 5.76 Å². The van der Waals surface area contributed by atoms with Gasteiger partial charge in [0.25, 0.3) is 5.91 Å². The Balaban J connectivity index is 1.49. The highest BCUT2D eigenvalue weighted by Gasteiger charge is 2.37. The highest BCUT2D eigenvalue weighted by molar-refractivity contribution is 5.97. The normalized spacial score (nSPS) is 16.9. The maximum atomic E-state index is 13.1. The predicted molar refractivity (Wildman–Crippen MR) is 169 cm³/mol. The number of nitrogens with two attached hydrogens (primary N) is 1. The summed E-state index contributed by atoms with van der Waals surface area (Å²) in [6.07, 6.45) is 2.09. The van der Waals surface area contributed by atoms with Gasteiger partial charge in [0.2, 0.25) is 29.5 Å². The third-order valence-corrected chi connectivity index (χ3v) is 7.99. The second-order valence-electron chi connectivity index (χ2n) is 11.8. The van der Waals surface area contributed by atoms with Crippen LogP contribution in [-0.2, 0) is 28.8 Å². The molecule has 6 amide bonds. The standard InChI is InChI=1S/C32H44N6O9/c1-18(40)15-22(10-6-7-13-34-31(45)26-16-21-9-4-5-12-25(21)47-26)28(42)37-23(17-39)29(43)36-20(3)32(46)38-14-8-11-24(38)30(44)35-19(2)27(33)41/h4-5,9,12,16,19-20,22-24,39H,6-8,10-11,13-15,17H2,1-3H3,(H2,33,41)(H,34,45)(H,35,44)(H,36,43)(H,37,42)/t19-,20-,22+,23-,24?/m0/s1. The number of amides is 6. The number of aliphatic hydroxyl groups is 1. The van der Waals surface area contributed by atoms with Crippen LogP contribution >= 0.6 is 0 Å². The number of unbranched alkanes of at least 4 members (excludes halogenated alkanes) is 1. The molecule has 0 radical (unpaired) electrons. The van der Waals surface area contributed by atoms with Gasteiger partial charge in [0, 0.05) is 30.8 Å². The van der Waals surface area contributed by atoms with Crippen LogP contribution in [0.15, 0.2) is 34.7 Å². The molecule has 2 aromatic rings. The predicted octanol–water partition coefficient (Wildman–Crippen LogP) is -0.109. The largest absolute Gasteiger partial charge is 0.451 e. The van der Waals surface area contributed by atoms with E-state index in [0.29, 0.717) is 37.8 Å². The molecule has 1 unspecified atom stereocenters. The summed E-state index contributed by atoms with van der Waals surface area (Å²) in [5.41, 5.74) is 5.81. The Morgan fingerprint density at radius 1 is 1.00 bits per heavy atom. The Morgan fingerprint density at radius 2 is 1.72 bits per heavy atom. The van der Waals surface area contributed by atoms with Gasteiger partial charge in [-0.2, -0.15) is 0 Å². The molecule has 2 heterocycles. The summed E-state index contributed by atoms with van der Waals surface area (Å²) in [4.78, 5) is 88.8. The molecule has 7 N–H and O–H groups in total. The highest BCUT2D eigenvalue weighted by atomic mass is 16.3. The van der Waals surface area contributed by atoms with Gasteiger partial charge in [-0.3, -0.25) is 28.8 Å². The first-order valence-electron chi connectivity index (χ1n) is 15.7. The minimum Gasteiger partial charge on any atom is -0.451 e. The van der Waals surface area contributed by atoms with Gasteiger partial charge < -0.3 is 46.2 Å². The van der Waals surface area contributed by atoms with E-state index in [0.717, 1.165) is 5.39 Å². The number of Topliss-reactive ketones (excluding diaryl/α,β-unsaturated/α-hetero) is 1. The van der Waals surface area contributed by atoms with Crippen molar-refractivity contribution in [3.63, 3.8) is 0 Å². The van der Waals surface area contributed by atoms with E-state index in [1.54, 1.807) is 12.1 Å². The third-order valence-electron chi connectivity index (χ3n) is 7.99. The van der Waals surface area contributed by atoms with Crippen LogP contribution in [-0.4, -0.2) is 95.1 Å². The summed E-state index contributed by atoms with van der Waals surface area (Å²) in [5.74, 6) is -4.44. The number of hydrogen-bond acceptors (Lipinski definition) is 9. The highest BCUT2D eigenvalue weighted by Crippen LogP contribution is 2.20. The molecule has 1 aliphatic heterocycles. The Bertz CT molecular complexity index is 1440. The van der Waals surface area contributed by atoms with E-state index in [2.05, 4.69) is 21.3 Å². The van der Waals surface area contributed by atoms with E-state index in [4.69, 9.17) is 10.2 Å². The summed E-state index contributed by atoms with van der Waals surface area (Å²) in [7, 11) is 0. The minimum atomic E-state index is -1.40. The van der Waals surface area contributed by atoms with Crippen LogP contribution in [0.2, 0.25) is 0 Å². The van der Waals surface area contributed by atoms with E-state index in [1.807, 2.05) is 18.2 Å². The van der Waals surface area contributed by atoms with Crippen molar-refractivity contribution in [1.82, 2.24) is 26.2 Å². The van der Waals surface area contributed by atoms with Crippen molar-refractivity contribution >= 4 is 52.2 Å². The lowest BCUT2D eigenvalue weighted by Crippen LogP contribution is -2.57. The van der Waals surface area contributed by atoms with E-state index in [9.17, 15) is 38.7 Å². The second-order valence-corrected chi connectivity index (χ2v) is 11.8. The van der Waals surface area contributed by atoms with Crippen LogP contribution in [0.1, 0.15) is 69.9 Å². The molecule has 256 valence electrons. The summed E-state index contributed by atoms with van der Waals surface area (Å²) >= 11 is 0. The van der Waals surface area contributed by atoms with Gasteiger partial charge in [-0.05, 0) is 58.6 Å². The van der Waals surface area contributed by atoms with Crippen molar-refractivity contribution in [1.29, 1.82) is 0 Å². The molecule has 0 saturated carbocycles. The number of likely N-dealkylation sites (tertiary alicyclic amines) is 1. The molecule has 1 saturated heterocycles. The number of nitrogens with one attached hydrogen (secondary N) is 4. The van der Waals surface area contributed by atoms with Crippen LogP contribution in [0.5, 0.6) is 0 Å². The zero-order chi connectivity index (χ0) is 34.7. The monoisotopic (exact) mass is 656 g/mol. The van der Waals surface area contributed by atoms with Crippen LogP contribution in [0.4, 0.5) is 0 Å². The number of carbonyl (C=O) groups excluding carboxylic acids is 7. The smallest absolute Gasteiger partial charge is 0.287 e. The van der Waals surface area contributed by atoms with Gasteiger partial charge in [-0.25, -0.2) is 0 Å². The van der Waals surface area contributed by atoms with Gasteiger partial charge in [0.1, 0.15) is 35.5 Å². The molecule has 1 aromatic carbocycles. The molecule has 15 nitrogen and oxygen atoms in total. The third kappa shape index (κ3) is 10.4. The van der Waals surface area contributed by atoms with Crippen LogP contribution < -0.4 is 27.0 Å². The lowest BCUT2D eigenvalue weighted by atomic mass is 9.95. The minimum absolute atomic E-state index is 0.0847. The average Bonchev–Trinajstić information content (AvgIpc) is 3.70. The number of nitrogens with zero attached hydrogens (tertiary/aromatic N) is 1. The maximum Gasteiger partial charge on any atom is 0.287 e. The number of fused-ring (bicyclic) bond motifs is 1. The number of primary amides is 1. The van der Waals surface area contributed by atoms with Crippen LogP contribution in [0, 0.1) is 5.92 Å². The van der Waals surface area contributed by atoms with Crippen molar-refractivity contribution in [3.05, 3.63) is 36.1 Å². The van der Waals surface area contributed by atoms with E-state index in [1.165, 1.54) is 25.7 Å². The van der Waals surface area contributed by atoms with E-state index in [-0.39, 0.29) is 36.8 Å². The molecule has 1 aromatic heterocycles. The van der Waals surface area contributed by atoms with Gasteiger partial charge in [0.05, 0.1) is 6.61 Å². The molecule has 1 fully saturated rings. The fourth-order valence-corrected chi connectivity index (χ4v) is 5.36. The molecule has 0 spiro atoms. The topological polar surface area (TPSA) is 230 Å². The average molecular weight is 657 g/mol. The number of rotatable bonds is 17. The molecule has 5 atom stereocenters. The number of aliphatic hydroxyl groups excluding tert-OH is 1. The number of ketones is 1. The lowest BCUT2D eigenvalue weighted by molar-refractivity contribution is -0.142. The van der Waals surface area contributed by atoms with Crippen molar-refractivity contribution in [2.24, 2.45) is 11.7 Å². The van der Waals surface area contributed by atoms with E-state index >= 15 is 0 Å². The Hall–Kier alpha value is -4.79. The number of hydrogen-bond donors (Lipinski definition) is 6. The van der Waals surface area contributed by atoms with Gasteiger partial charge >= 0.3 is 0 Å². The SMILES string of the molecule is CC(=O)C[C@@H](CCCCNC(=O)c1cc2ccccc2o1)C(=O)N[C@@H](CO)C(=O)N[C@@H](C)C(=O)N1CCCC1C(=O)N[C@@H](C)C(N)=O. The van der Waals surface area contributed by atoms with Crippen molar-refractivity contribution in [2.75, 3.05) is 19.7 Å². The summed E-state index contributed by atoms with van der Waals surface area (Å²) < 4.78 is 5.56. The second kappa shape index (κ2) is 17.2. The fraction of sp³-hybridized carbons (Fsp3) is 0.531. The molecular formula is C32H44N6O9. The molecule has 0 aliphatic carbocycles.